The van der Waals surface area contributed by atoms with Gasteiger partial charge in [0.25, 0.3) is 0 Å². The summed E-state index contributed by atoms with van der Waals surface area (Å²) in [4.78, 5) is 3.14. The normalized spacial score (nSPS) is 16.2. The standard InChI is InChI=1S/C18H23N3S2/c22-18(19-13-15-7-2-1-3-8-15)20-14-16(17-9-6-12-23-17)21-10-4-5-11-21/h1-3,6-9,12,16H,4-5,10-11,13-14H2,(H2,19,20,22)/p+1/t16-/m1/s1. The number of quaternary nitrogens is 1. The van der Waals surface area contributed by atoms with Crippen LogP contribution in [0.4, 0.5) is 0 Å². The van der Waals surface area contributed by atoms with Gasteiger partial charge in [0, 0.05) is 19.4 Å². The van der Waals surface area contributed by atoms with Crippen molar-refractivity contribution in [2.75, 3.05) is 19.6 Å². The first-order chi connectivity index (χ1) is 11.3. The fourth-order valence-electron chi connectivity index (χ4n) is 3.15. The molecule has 3 N–H and O–H groups in total. The molecule has 0 amide bonds. The summed E-state index contributed by atoms with van der Waals surface area (Å²) in [5.74, 6) is 0. The molecule has 1 aliphatic heterocycles. The molecule has 2 heterocycles. The van der Waals surface area contributed by atoms with Crippen molar-refractivity contribution in [3.8, 4) is 0 Å². The van der Waals surface area contributed by atoms with E-state index in [-0.39, 0.29) is 0 Å². The second-order valence-corrected chi connectivity index (χ2v) is 7.37. The highest BCUT2D eigenvalue weighted by atomic mass is 32.1. The van der Waals surface area contributed by atoms with Crippen molar-refractivity contribution in [2.24, 2.45) is 0 Å². The molecule has 0 radical (unpaired) electrons. The maximum Gasteiger partial charge on any atom is 0.166 e. The van der Waals surface area contributed by atoms with Gasteiger partial charge in [-0.3, -0.25) is 0 Å². The van der Waals surface area contributed by atoms with Crippen molar-refractivity contribution >= 4 is 28.7 Å². The van der Waals surface area contributed by atoms with E-state index in [0.29, 0.717) is 6.04 Å². The molecule has 0 aliphatic carbocycles. The van der Waals surface area contributed by atoms with Gasteiger partial charge >= 0.3 is 0 Å². The van der Waals surface area contributed by atoms with E-state index in [1.807, 2.05) is 17.4 Å². The lowest BCUT2D eigenvalue weighted by Gasteiger charge is -2.24. The van der Waals surface area contributed by atoms with E-state index in [0.717, 1.165) is 18.2 Å². The molecule has 1 saturated heterocycles. The SMILES string of the molecule is S=C(NCc1ccccc1)NC[C@H](c1cccs1)[NH+]1CCCC1. The molecule has 5 heteroatoms. The number of benzene rings is 1. The van der Waals surface area contributed by atoms with Crippen LogP contribution in [0.5, 0.6) is 0 Å². The molecule has 1 fully saturated rings. The number of hydrogen-bond donors (Lipinski definition) is 3. The predicted molar refractivity (Wildman–Crippen MR) is 101 cm³/mol. The van der Waals surface area contributed by atoms with Crippen molar-refractivity contribution in [3.05, 3.63) is 58.3 Å². The third kappa shape index (κ3) is 4.77. The van der Waals surface area contributed by atoms with Gasteiger partial charge in [0.05, 0.1) is 24.5 Å². The van der Waals surface area contributed by atoms with E-state index in [4.69, 9.17) is 12.2 Å². The summed E-state index contributed by atoms with van der Waals surface area (Å²) < 4.78 is 0. The number of hydrogen-bond acceptors (Lipinski definition) is 2. The van der Waals surface area contributed by atoms with Crippen LogP contribution in [0.2, 0.25) is 0 Å². The minimum absolute atomic E-state index is 0.508. The van der Waals surface area contributed by atoms with E-state index < -0.39 is 0 Å². The highest BCUT2D eigenvalue weighted by Gasteiger charge is 2.28. The van der Waals surface area contributed by atoms with Crippen LogP contribution in [0.25, 0.3) is 0 Å². The number of thiophene rings is 1. The summed E-state index contributed by atoms with van der Waals surface area (Å²) in [6, 6.07) is 15.3. The summed E-state index contributed by atoms with van der Waals surface area (Å²) in [6.07, 6.45) is 2.68. The molecule has 0 spiro atoms. The summed E-state index contributed by atoms with van der Waals surface area (Å²) in [7, 11) is 0. The zero-order valence-corrected chi connectivity index (χ0v) is 14.9. The maximum absolute atomic E-state index is 5.45. The van der Waals surface area contributed by atoms with Crippen molar-refractivity contribution in [3.63, 3.8) is 0 Å². The highest BCUT2D eigenvalue weighted by Crippen LogP contribution is 2.17. The zero-order valence-electron chi connectivity index (χ0n) is 13.3. The lowest BCUT2D eigenvalue weighted by Crippen LogP contribution is -3.11. The Hall–Kier alpha value is -1.43. The van der Waals surface area contributed by atoms with Gasteiger partial charge in [-0.05, 0) is 29.2 Å². The van der Waals surface area contributed by atoms with Crippen molar-refractivity contribution < 1.29 is 4.90 Å². The molecule has 1 aliphatic rings. The summed E-state index contributed by atoms with van der Waals surface area (Å²) in [5, 5.41) is 9.64. The van der Waals surface area contributed by atoms with E-state index in [9.17, 15) is 0 Å². The quantitative estimate of drug-likeness (QED) is 0.700. The smallest absolute Gasteiger partial charge is 0.166 e. The Kier molecular flexibility index (Phi) is 6.02. The molecule has 122 valence electrons. The summed E-state index contributed by atoms with van der Waals surface area (Å²) >= 11 is 7.30. The van der Waals surface area contributed by atoms with E-state index in [1.165, 1.54) is 36.4 Å². The first-order valence-corrected chi connectivity index (χ1v) is 9.55. The fraction of sp³-hybridized carbons (Fsp3) is 0.389. The molecule has 1 aromatic heterocycles. The highest BCUT2D eigenvalue weighted by molar-refractivity contribution is 7.80. The Morgan fingerprint density at radius 2 is 1.87 bits per heavy atom. The topological polar surface area (TPSA) is 28.5 Å². The number of thiocarbonyl (C=S) groups is 1. The fourth-order valence-corrected chi connectivity index (χ4v) is 4.19. The molecule has 23 heavy (non-hydrogen) atoms. The minimum atomic E-state index is 0.508. The van der Waals surface area contributed by atoms with Gasteiger partial charge in [-0.15, -0.1) is 11.3 Å². The third-order valence-electron chi connectivity index (χ3n) is 4.39. The Bertz CT molecular complexity index is 592. The van der Waals surface area contributed by atoms with Crippen LogP contribution < -0.4 is 15.5 Å². The van der Waals surface area contributed by atoms with Crippen LogP contribution in [-0.4, -0.2) is 24.7 Å². The molecule has 1 atom stereocenters. The van der Waals surface area contributed by atoms with Crippen molar-refractivity contribution in [1.29, 1.82) is 0 Å². The molecule has 0 bridgehead atoms. The first kappa shape index (κ1) is 16.4. The lowest BCUT2D eigenvalue weighted by atomic mass is 10.2. The Morgan fingerprint density at radius 3 is 2.57 bits per heavy atom. The van der Waals surface area contributed by atoms with Gasteiger partial charge in [-0.1, -0.05) is 36.4 Å². The van der Waals surface area contributed by atoms with Gasteiger partial charge in [0.2, 0.25) is 0 Å². The van der Waals surface area contributed by atoms with Gasteiger partial charge in [0.1, 0.15) is 6.04 Å². The van der Waals surface area contributed by atoms with Crippen molar-refractivity contribution in [1.82, 2.24) is 10.6 Å². The molecule has 0 saturated carbocycles. The minimum Gasteiger partial charge on any atom is -0.359 e. The number of nitrogens with one attached hydrogen (secondary N) is 3. The number of rotatable bonds is 6. The number of likely N-dealkylation sites (tertiary alicyclic amines) is 1. The summed E-state index contributed by atoms with van der Waals surface area (Å²) in [5.41, 5.74) is 1.25. The Morgan fingerprint density at radius 1 is 1.09 bits per heavy atom. The first-order valence-electron chi connectivity index (χ1n) is 8.26. The average Bonchev–Trinajstić information content (AvgIpc) is 3.28. The second kappa shape index (κ2) is 8.43. The van der Waals surface area contributed by atoms with Gasteiger partial charge in [0.15, 0.2) is 5.11 Å². The zero-order chi connectivity index (χ0) is 15.9. The van der Waals surface area contributed by atoms with Crippen molar-refractivity contribution in [2.45, 2.75) is 25.4 Å². The average molecular weight is 347 g/mol. The van der Waals surface area contributed by atoms with Crippen LogP contribution in [0.1, 0.15) is 29.3 Å². The van der Waals surface area contributed by atoms with Crippen LogP contribution in [0.3, 0.4) is 0 Å². The molecule has 3 rings (SSSR count). The van der Waals surface area contributed by atoms with Gasteiger partial charge in [-0.2, -0.15) is 0 Å². The molecule has 1 aromatic carbocycles. The molecule has 2 aromatic rings. The van der Waals surface area contributed by atoms with Crippen LogP contribution >= 0.6 is 23.6 Å². The summed E-state index contributed by atoms with van der Waals surface area (Å²) in [6.45, 7) is 4.21. The van der Waals surface area contributed by atoms with Gasteiger partial charge < -0.3 is 15.5 Å². The molecular formula is C18H24N3S2+. The molecular weight excluding hydrogens is 322 g/mol. The van der Waals surface area contributed by atoms with Crippen LogP contribution in [-0.2, 0) is 6.54 Å². The Balaban J connectivity index is 1.51. The van der Waals surface area contributed by atoms with Crippen LogP contribution in [0, 0.1) is 0 Å². The van der Waals surface area contributed by atoms with Gasteiger partial charge in [-0.25, -0.2) is 0 Å². The van der Waals surface area contributed by atoms with Crippen LogP contribution in [0.15, 0.2) is 47.8 Å². The lowest BCUT2D eigenvalue weighted by molar-refractivity contribution is -0.918. The monoisotopic (exact) mass is 346 g/mol. The van der Waals surface area contributed by atoms with E-state index in [2.05, 4.69) is 52.4 Å². The third-order valence-corrected chi connectivity index (χ3v) is 5.66. The molecule has 3 nitrogen and oxygen atoms in total. The molecule has 0 unspecified atom stereocenters. The maximum atomic E-state index is 5.45. The largest absolute Gasteiger partial charge is 0.359 e. The Labute approximate surface area is 147 Å². The van der Waals surface area contributed by atoms with E-state index in [1.54, 1.807) is 4.90 Å². The van der Waals surface area contributed by atoms with E-state index >= 15 is 0 Å². The second-order valence-electron chi connectivity index (χ2n) is 5.98. The predicted octanol–water partition coefficient (Wildman–Crippen LogP) is 2.13.